The van der Waals surface area contributed by atoms with Crippen LogP contribution in [0.25, 0.3) is 0 Å². The molecule has 1 fully saturated rings. The van der Waals surface area contributed by atoms with E-state index in [9.17, 15) is 0 Å². The van der Waals surface area contributed by atoms with Crippen molar-refractivity contribution in [2.75, 3.05) is 25.4 Å². The Balaban J connectivity index is 2.32. The molecular weight excluding hydrogens is 216 g/mol. The summed E-state index contributed by atoms with van der Waals surface area (Å²) in [6.45, 7) is 7.91. The third-order valence-electron chi connectivity index (χ3n) is 3.55. The topological polar surface area (TPSA) is 29.3 Å². The summed E-state index contributed by atoms with van der Waals surface area (Å²) in [5, 5.41) is 0.842. The van der Waals surface area contributed by atoms with Crippen LogP contribution in [0.2, 0.25) is 0 Å². The molecule has 2 nitrogen and oxygen atoms in total. The van der Waals surface area contributed by atoms with Crippen molar-refractivity contribution in [3.05, 3.63) is 0 Å². The molecule has 0 aliphatic carbocycles. The molecule has 16 heavy (non-hydrogen) atoms. The molecule has 3 heteroatoms. The lowest BCUT2D eigenvalue weighted by Gasteiger charge is -2.37. The monoisotopic (exact) mass is 244 g/mol. The molecule has 1 rings (SSSR count). The number of nitrogens with two attached hydrogens (primary N) is 1. The number of unbranched alkanes of at least 4 members (excludes halogenated alkanes) is 2. The smallest absolute Gasteiger partial charge is 0.0219 e. The van der Waals surface area contributed by atoms with Crippen molar-refractivity contribution in [3.8, 4) is 0 Å². The molecule has 2 atom stereocenters. The van der Waals surface area contributed by atoms with Crippen molar-refractivity contribution in [3.63, 3.8) is 0 Å². The van der Waals surface area contributed by atoms with Crippen LogP contribution in [-0.2, 0) is 0 Å². The number of thioether (sulfide) groups is 1. The van der Waals surface area contributed by atoms with Gasteiger partial charge in [0.15, 0.2) is 0 Å². The number of nitrogens with zero attached hydrogens (tertiary/aromatic N) is 1. The molecule has 1 aliphatic heterocycles. The first-order chi connectivity index (χ1) is 7.81. The van der Waals surface area contributed by atoms with Crippen LogP contribution in [0.1, 0.15) is 46.0 Å². The Bertz CT molecular complexity index is 175. The van der Waals surface area contributed by atoms with Crippen LogP contribution in [0.15, 0.2) is 0 Å². The summed E-state index contributed by atoms with van der Waals surface area (Å²) in [5.74, 6) is 1.29. The normalized spacial score (nSPS) is 24.6. The summed E-state index contributed by atoms with van der Waals surface area (Å²) in [6.07, 6.45) is 6.61. The fourth-order valence-electron chi connectivity index (χ4n) is 2.40. The molecule has 0 amide bonds. The Kier molecular flexibility index (Phi) is 7.50. The second-order valence-corrected chi connectivity index (χ2v) is 6.19. The van der Waals surface area contributed by atoms with Crippen LogP contribution < -0.4 is 5.73 Å². The van der Waals surface area contributed by atoms with Crippen LogP contribution in [0.3, 0.4) is 0 Å². The quantitative estimate of drug-likeness (QED) is 0.698. The summed E-state index contributed by atoms with van der Waals surface area (Å²) in [5.41, 5.74) is 5.92. The van der Waals surface area contributed by atoms with Crippen LogP contribution >= 0.6 is 11.8 Å². The van der Waals surface area contributed by atoms with E-state index in [1.54, 1.807) is 0 Å². The largest absolute Gasteiger partial charge is 0.329 e. The number of rotatable bonds is 7. The molecule has 0 aromatic heterocycles. The van der Waals surface area contributed by atoms with Crippen LogP contribution in [0.4, 0.5) is 0 Å². The molecule has 0 aromatic rings. The van der Waals surface area contributed by atoms with Crippen molar-refractivity contribution < 1.29 is 0 Å². The fourth-order valence-corrected chi connectivity index (χ4v) is 3.61. The van der Waals surface area contributed by atoms with E-state index in [1.807, 2.05) is 0 Å². The van der Waals surface area contributed by atoms with E-state index in [-0.39, 0.29) is 0 Å². The zero-order valence-electron chi connectivity index (χ0n) is 11.0. The van der Waals surface area contributed by atoms with Crippen LogP contribution in [0.5, 0.6) is 0 Å². The van der Waals surface area contributed by atoms with E-state index < -0.39 is 0 Å². The first-order valence-electron chi connectivity index (χ1n) is 6.87. The van der Waals surface area contributed by atoms with E-state index in [0.29, 0.717) is 6.04 Å². The predicted molar refractivity (Wildman–Crippen MR) is 75.1 cm³/mol. The summed E-state index contributed by atoms with van der Waals surface area (Å²) in [7, 11) is 0. The second kappa shape index (κ2) is 8.37. The Morgan fingerprint density at radius 1 is 1.38 bits per heavy atom. The molecule has 0 radical (unpaired) electrons. The van der Waals surface area contributed by atoms with Crippen molar-refractivity contribution in [2.45, 2.75) is 57.2 Å². The highest BCUT2D eigenvalue weighted by atomic mass is 32.2. The van der Waals surface area contributed by atoms with Gasteiger partial charge in [0.2, 0.25) is 0 Å². The zero-order valence-corrected chi connectivity index (χ0v) is 11.8. The van der Waals surface area contributed by atoms with Gasteiger partial charge >= 0.3 is 0 Å². The van der Waals surface area contributed by atoms with Gasteiger partial charge in [0.1, 0.15) is 0 Å². The van der Waals surface area contributed by atoms with E-state index in [4.69, 9.17) is 5.73 Å². The molecule has 1 heterocycles. The lowest BCUT2D eigenvalue weighted by Crippen LogP contribution is -2.47. The van der Waals surface area contributed by atoms with E-state index in [1.165, 1.54) is 50.9 Å². The maximum Gasteiger partial charge on any atom is 0.0219 e. The van der Waals surface area contributed by atoms with Gasteiger partial charge in [0.25, 0.3) is 0 Å². The minimum atomic E-state index is 0.640. The number of hydrogen-bond donors (Lipinski definition) is 1. The van der Waals surface area contributed by atoms with Crippen molar-refractivity contribution >= 4 is 11.8 Å². The van der Waals surface area contributed by atoms with Crippen molar-refractivity contribution in [1.29, 1.82) is 0 Å². The van der Waals surface area contributed by atoms with Crippen molar-refractivity contribution in [1.82, 2.24) is 4.90 Å². The minimum absolute atomic E-state index is 0.640. The average molecular weight is 244 g/mol. The molecule has 0 spiro atoms. The molecule has 1 aliphatic rings. The predicted octanol–water partition coefficient (Wildman–Crippen LogP) is 2.72. The van der Waals surface area contributed by atoms with Gasteiger partial charge in [-0.2, -0.15) is 11.8 Å². The van der Waals surface area contributed by atoms with Gasteiger partial charge in [-0.3, -0.25) is 4.90 Å². The Morgan fingerprint density at radius 3 is 2.81 bits per heavy atom. The van der Waals surface area contributed by atoms with Gasteiger partial charge in [0, 0.05) is 36.7 Å². The summed E-state index contributed by atoms with van der Waals surface area (Å²) in [4.78, 5) is 2.64. The fraction of sp³-hybridized carbons (Fsp3) is 1.00. The molecular formula is C13H28N2S. The maximum atomic E-state index is 5.92. The lowest BCUT2D eigenvalue weighted by atomic mass is 10.1. The molecule has 2 N–H and O–H groups in total. The van der Waals surface area contributed by atoms with Gasteiger partial charge < -0.3 is 5.73 Å². The Hall–Kier alpha value is 0.270. The third kappa shape index (κ3) is 4.64. The molecule has 2 unspecified atom stereocenters. The van der Waals surface area contributed by atoms with Crippen LogP contribution in [-0.4, -0.2) is 41.6 Å². The van der Waals surface area contributed by atoms with Gasteiger partial charge in [-0.15, -0.1) is 0 Å². The molecule has 0 aromatic carbocycles. The van der Waals surface area contributed by atoms with Crippen LogP contribution in [0, 0.1) is 0 Å². The van der Waals surface area contributed by atoms with Crippen molar-refractivity contribution in [2.24, 2.45) is 5.73 Å². The van der Waals surface area contributed by atoms with E-state index >= 15 is 0 Å². The lowest BCUT2D eigenvalue weighted by molar-refractivity contribution is 0.193. The Labute approximate surface area is 105 Å². The first-order valence-corrected chi connectivity index (χ1v) is 7.92. The van der Waals surface area contributed by atoms with Gasteiger partial charge in [0.05, 0.1) is 0 Å². The van der Waals surface area contributed by atoms with Gasteiger partial charge in [-0.25, -0.2) is 0 Å². The maximum absolute atomic E-state index is 5.92. The zero-order chi connectivity index (χ0) is 11.8. The van der Waals surface area contributed by atoms with E-state index in [2.05, 4.69) is 30.5 Å². The average Bonchev–Trinajstić information content (AvgIpc) is 2.35. The highest BCUT2D eigenvalue weighted by molar-refractivity contribution is 8.00. The first kappa shape index (κ1) is 14.3. The highest BCUT2D eigenvalue weighted by Gasteiger charge is 2.24. The Morgan fingerprint density at radius 2 is 2.19 bits per heavy atom. The number of hydrogen-bond acceptors (Lipinski definition) is 3. The molecule has 0 saturated carbocycles. The third-order valence-corrected chi connectivity index (χ3v) is 4.93. The summed E-state index contributed by atoms with van der Waals surface area (Å²) >= 11 is 2.14. The SMILES string of the molecule is CCCCCC(CN)N1CCSC(CC)C1. The molecule has 1 saturated heterocycles. The highest BCUT2D eigenvalue weighted by Crippen LogP contribution is 2.23. The van der Waals surface area contributed by atoms with E-state index in [0.717, 1.165) is 11.8 Å². The molecule has 0 bridgehead atoms. The summed E-state index contributed by atoms with van der Waals surface area (Å²) in [6, 6.07) is 0.640. The molecule has 96 valence electrons. The second-order valence-electron chi connectivity index (χ2n) is 4.78. The minimum Gasteiger partial charge on any atom is -0.329 e. The summed E-state index contributed by atoms with van der Waals surface area (Å²) < 4.78 is 0. The van der Waals surface area contributed by atoms with Gasteiger partial charge in [-0.05, 0) is 12.8 Å². The standard InChI is InChI=1S/C13H28N2S/c1-3-5-6-7-12(10-14)15-8-9-16-13(4-2)11-15/h12-13H,3-11,14H2,1-2H3. The van der Waals surface area contributed by atoms with Gasteiger partial charge in [-0.1, -0.05) is 33.1 Å².